The second kappa shape index (κ2) is 6.94. The number of nitrogens with zero attached hydrogens (tertiary/aromatic N) is 5. The van der Waals surface area contributed by atoms with E-state index in [9.17, 15) is 9.59 Å². The molecule has 2 atom stereocenters. The van der Waals surface area contributed by atoms with Gasteiger partial charge in [-0.2, -0.15) is 0 Å². The molecule has 0 radical (unpaired) electrons. The SMILES string of the molecule is Cc1nc2c(nnn2C[C@H]2CCCN2C(=O)[C@H](C)c2ccccc2)c(=O)[nH]1. The van der Waals surface area contributed by atoms with Crippen LogP contribution in [0.1, 0.15) is 37.1 Å². The molecule has 0 aliphatic carbocycles. The van der Waals surface area contributed by atoms with Crippen molar-refractivity contribution in [2.75, 3.05) is 6.54 Å². The first-order chi connectivity index (χ1) is 13.0. The highest BCUT2D eigenvalue weighted by Crippen LogP contribution is 2.25. The van der Waals surface area contributed by atoms with Gasteiger partial charge < -0.3 is 9.88 Å². The monoisotopic (exact) mass is 366 g/mol. The van der Waals surface area contributed by atoms with Crippen molar-refractivity contribution in [3.63, 3.8) is 0 Å². The number of likely N-dealkylation sites (tertiary alicyclic amines) is 1. The predicted octanol–water partition coefficient (Wildman–Crippen LogP) is 1.62. The summed E-state index contributed by atoms with van der Waals surface area (Å²) in [6, 6.07) is 9.84. The number of hydrogen-bond acceptors (Lipinski definition) is 5. The van der Waals surface area contributed by atoms with E-state index in [1.54, 1.807) is 11.6 Å². The van der Waals surface area contributed by atoms with Crippen LogP contribution in [-0.2, 0) is 11.3 Å². The summed E-state index contributed by atoms with van der Waals surface area (Å²) in [5.74, 6) is 0.450. The third-order valence-corrected chi connectivity index (χ3v) is 5.21. The van der Waals surface area contributed by atoms with Crippen molar-refractivity contribution < 1.29 is 4.79 Å². The summed E-state index contributed by atoms with van der Waals surface area (Å²) in [6.45, 7) is 4.90. The Morgan fingerprint density at radius 1 is 1.33 bits per heavy atom. The molecule has 1 N–H and O–H groups in total. The lowest BCUT2D eigenvalue weighted by Gasteiger charge is -2.27. The first kappa shape index (κ1) is 17.4. The quantitative estimate of drug-likeness (QED) is 0.757. The third-order valence-electron chi connectivity index (χ3n) is 5.21. The largest absolute Gasteiger partial charge is 0.337 e. The maximum Gasteiger partial charge on any atom is 0.281 e. The lowest BCUT2D eigenvalue weighted by molar-refractivity contribution is -0.133. The number of amides is 1. The molecule has 2 aromatic heterocycles. The summed E-state index contributed by atoms with van der Waals surface area (Å²) >= 11 is 0. The van der Waals surface area contributed by atoms with E-state index in [4.69, 9.17) is 0 Å². The van der Waals surface area contributed by atoms with Gasteiger partial charge in [0.25, 0.3) is 5.56 Å². The predicted molar refractivity (Wildman–Crippen MR) is 100 cm³/mol. The molecular formula is C19H22N6O2. The van der Waals surface area contributed by atoms with E-state index >= 15 is 0 Å². The molecule has 3 aromatic rings. The van der Waals surface area contributed by atoms with Crippen LogP contribution in [0.15, 0.2) is 35.1 Å². The number of rotatable bonds is 4. The number of benzene rings is 1. The molecule has 4 rings (SSSR count). The van der Waals surface area contributed by atoms with Gasteiger partial charge >= 0.3 is 0 Å². The molecule has 8 heteroatoms. The van der Waals surface area contributed by atoms with Crippen LogP contribution in [0.3, 0.4) is 0 Å². The molecule has 0 unspecified atom stereocenters. The van der Waals surface area contributed by atoms with Crippen LogP contribution in [-0.4, -0.2) is 48.4 Å². The molecule has 1 fully saturated rings. The minimum atomic E-state index is -0.291. The van der Waals surface area contributed by atoms with Gasteiger partial charge in [-0.15, -0.1) is 5.10 Å². The average molecular weight is 366 g/mol. The standard InChI is InChI=1S/C19H22N6O2/c1-12(14-7-4-3-5-8-14)19(27)24-10-6-9-15(24)11-25-17-16(22-23-25)18(26)21-13(2)20-17/h3-5,7-8,12,15H,6,9-11H2,1-2H3,(H,20,21,26)/t12-,15-/m1/s1. The van der Waals surface area contributed by atoms with Crippen LogP contribution >= 0.6 is 0 Å². The Kier molecular flexibility index (Phi) is 4.47. The first-order valence-corrected chi connectivity index (χ1v) is 9.20. The van der Waals surface area contributed by atoms with Crippen molar-refractivity contribution in [1.82, 2.24) is 29.9 Å². The first-order valence-electron chi connectivity index (χ1n) is 9.20. The molecule has 8 nitrogen and oxygen atoms in total. The highest BCUT2D eigenvalue weighted by Gasteiger charge is 2.32. The summed E-state index contributed by atoms with van der Waals surface area (Å²) in [5.41, 5.74) is 1.42. The topological polar surface area (TPSA) is 96.8 Å². The number of fused-ring (bicyclic) bond motifs is 1. The summed E-state index contributed by atoms with van der Waals surface area (Å²) in [5, 5.41) is 8.06. The van der Waals surface area contributed by atoms with Crippen molar-refractivity contribution in [3.8, 4) is 0 Å². The molecule has 1 aromatic carbocycles. The number of hydrogen-bond donors (Lipinski definition) is 1. The fourth-order valence-corrected chi connectivity index (χ4v) is 3.75. The van der Waals surface area contributed by atoms with Gasteiger partial charge in [-0.05, 0) is 32.3 Å². The number of aromatic amines is 1. The van der Waals surface area contributed by atoms with Gasteiger partial charge in [0.1, 0.15) is 5.82 Å². The Bertz CT molecular complexity index is 1030. The van der Waals surface area contributed by atoms with E-state index in [1.807, 2.05) is 42.2 Å². The van der Waals surface area contributed by atoms with E-state index in [-0.39, 0.29) is 28.9 Å². The summed E-state index contributed by atoms with van der Waals surface area (Å²) in [6.07, 6.45) is 1.86. The zero-order chi connectivity index (χ0) is 19.0. The van der Waals surface area contributed by atoms with Crippen molar-refractivity contribution in [3.05, 3.63) is 52.1 Å². The molecule has 0 bridgehead atoms. The Morgan fingerprint density at radius 2 is 2.11 bits per heavy atom. The highest BCUT2D eigenvalue weighted by molar-refractivity contribution is 5.83. The van der Waals surface area contributed by atoms with Gasteiger partial charge in [-0.3, -0.25) is 9.59 Å². The zero-order valence-electron chi connectivity index (χ0n) is 15.4. The Balaban J connectivity index is 1.57. The number of H-pyrrole nitrogens is 1. The summed E-state index contributed by atoms with van der Waals surface area (Å²) in [4.78, 5) is 34.0. The molecule has 1 aliphatic rings. The van der Waals surface area contributed by atoms with E-state index < -0.39 is 0 Å². The second-order valence-electron chi connectivity index (χ2n) is 7.06. The van der Waals surface area contributed by atoms with Crippen LogP contribution in [0.2, 0.25) is 0 Å². The van der Waals surface area contributed by atoms with E-state index in [0.717, 1.165) is 24.9 Å². The molecular weight excluding hydrogens is 344 g/mol. The van der Waals surface area contributed by atoms with Crippen LogP contribution in [0.25, 0.3) is 11.2 Å². The number of nitrogens with one attached hydrogen (secondary N) is 1. The fourth-order valence-electron chi connectivity index (χ4n) is 3.75. The highest BCUT2D eigenvalue weighted by atomic mass is 16.2. The lowest BCUT2D eigenvalue weighted by Crippen LogP contribution is -2.40. The van der Waals surface area contributed by atoms with Crippen LogP contribution in [0, 0.1) is 6.92 Å². The van der Waals surface area contributed by atoms with Gasteiger partial charge in [0.15, 0.2) is 11.2 Å². The maximum absolute atomic E-state index is 13.1. The lowest BCUT2D eigenvalue weighted by atomic mass is 9.99. The minimum absolute atomic E-state index is 0.0231. The van der Waals surface area contributed by atoms with Gasteiger partial charge in [0.2, 0.25) is 5.91 Å². The fraction of sp³-hybridized carbons (Fsp3) is 0.421. The van der Waals surface area contributed by atoms with Gasteiger partial charge in [-0.1, -0.05) is 35.5 Å². The Hall–Kier alpha value is -3.03. The Morgan fingerprint density at radius 3 is 2.89 bits per heavy atom. The smallest absolute Gasteiger partial charge is 0.281 e. The molecule has 1 saturated heterocycles. The summed E-state index contributed by atoms with van der Waals surface area (Å²) < 4.78 is 1.64. The van der Waals surface area contributed by atoms with Crippen LogP contribution in [0.4, 0.5) is 0 Å². The van der Waals surface area contributed by atoms with E-state index in [2.05, 4.69) is 20.3 Å². The number of aromatic nitrogens is 5. The van der Waals surface area contributed by atoms with Gasteiger partial charge in [0.05, 0.1) is 18.5 Å². The molecule has 140 valence electrons. The molecule has 0 saturated carbocycles. The van der Waals surface area contributed by atoms with Crippen molar-refractivity contribution in [2.24, 2.45) is 0 Å². The van der Waals surface area contributed by atoms with E-state index in [1.165, 1.54) is 0 Å². The van der Waals surface area contributed by atoms with Gasteiger partial charge in [0, 0.05) is 6.54 Å². The normalized spacial score (nSPS) is 18.1. The van der Waals surface area contributed by atoms with Crippen molar-refractivity contribution in [1.29, 1.82) is 0 Å². The Labute approximate surface area is 156 Å². The average Bonchev–Trinajstić information content (AvgIpc) is 3.29. The number of carbonyl (C=O) groups excluding carboxylic acids is 1. The van der Waals surface area contributed by atoms with Crippen LogP contribution < -0.4 is 5.56 Å². The zero-order valence-corrected chi connectivity index (χ0v) is 15.4. The number of aryl methyl sites for hydroxylation is 1. The molecule has 0 spiro atoms. The summed E-state index contributed by atoms with van der Waals surface area (Å²) in [7, 11) is 0. The van der Waals surface area contributed by atoms with Gasteiger partial charge in [-0.25, -0.2) is 9.67 Å². The molecule has 1 amide bonds. The van der Waals surface area contributed by atoms with Crippen molar-refractivity contribution in [2.45, 2.75) is 45.2 Å². The van der Waals surface area contributed by atoms with Crippen molar-refractivity contribution >= 4 is 17.1 Å². The molecule has 27 heavy (non-hydrogen) atoms. The minimum Gasteiger partial charge on any atom is -0.337 e. The number of carbonyl (C=O) groups is 1. The second-order valence-corrected chi connectivity index (χ2v) is 7.06. The third kappa shape index (κ3) is 3.22. The molecule has 1 aliphatic heterocycles. The van der Waals surface area contributed by atoms with Crippen LogP contribution in [0.5, 0.6) is 0 Å². The molecule has 3 heterocycles. The maximum atomic E-state index is 13.1. The van der Waals surface area contributed by atoms with E-state index in [0.29, 0.717) is 18.0 Å².